The molecule has 1 nitrogen and oxygen atoms in total. The van der Waals surface area contributed by atoms with Gasteiger partial charge in [-0.3, -0.25) is 0 Å². The first-order valence-corrected chi connectivity index (χ1v) is 6.66. The zero-order valence-corrected chi connectivity index (χ0v) is 10.5. The van der Waals surface area contributed by atoms with Crippen molar-refractivity contribution in [3.63, 3.8) is 0 Å². The quantitative estimate of drug-likeness (QED) is 0.675. The van der Waals surface area contributed by atoms with Crippen molar-refractivity contribution in [2.45, 2.75) is 33.1 Å². The number of nitrogens with zero attached hydrogens (tertiary/aromatic N) is 1. The fourth-order valence-corrected chi connectivity index (χ4v) is 2.69. The molecule has 0 radical (unpaired) electrons. The molecule has 1 heterocycles. The fraction of sp³-hybridized carbons (Fsp3) is 1.00. The van der Waals surface area contributed by atoms with E-state index in [1.165, 1.54) is 44.2 Å². The van der Waals surface area contributed by atoms with Crippen LogP contribution in [0.4, 0.5) is 0 Å². The molecule has 0 saturated carbocycles. The zero-order valence-electron chi connectivity index (χ0n) is 8.93. The number of likely N-dealkylation sites (tertiary alicyclic amines) is 1. The van der Waals surface area contributed by atoms with Gasteiger partial charge >= 0.3 is 0 Å². The van der Waals surface area contributed by atoms with E-state index in [0.717, 1.165) is 11.8 Å². The van der Waals surface area contributed by atoms with Crippen LogP contribution >= 0.6 is 15.9 Å². The normalized spacial score (nSPS) is 26.5. The van der Waals surface area contributed by atoms with Crippen LogP contribution in [-0.4, -0.2) is 29.9 Å². The lowest BCUT2D eigenvalue weighted by molar-refractivity contribution is 0.274. The molecule has 1 aliphatic rings. The molecule has 0 aliphatic carbocycles. The van der Waals surface area contributed by atoms with Crippen LogP contribution in [-0.2, 0) is 0 Å². The predicted molar refractivity (Wildman–Crippen MR) is 62.4 cm³/mol. The highest BCUT2D eigenvalue weighted by atomic mass is 79.9. The van der Waals surface area contributed by atoms with Crippen LogP contribution in [0.3, 0.4) is 0 Å². The summed E-state index contributed by atoms with van der Waals surface area (Å²) >= 11 is 3.53. The lowest BCUT2D eigenvalue weighted by Gasteiger charge is -2.19. The second-order valence-corrected chi connectivity index (χ2v) is 5.20. The van der Waals surface area contributed by atoms with Gasteiger partial charge in [0.15, 0.2) is 0 Å². The molecule has 0 aromatic rings. The topological polar surface area (TPSA) is 3.24 Å². The van der Waals surface area contributed by atoms with Gasteiger partial charge < -0.3 is 4.90 Å². The van der Waals surface area contributed by atoms with E-state index in [0.29, 0.717) is 0 Å². The molecule has 0 bridgehead atoms. The molecule has 2 atom stereocenters. The Morgan fingerprint density at radius 1 is 1.54 bits per heavy atom. The molecule has 0 N–H and O–H groups in total. The summed E-state index contributed by atoms with van der Waals surface area (Å²) in [6.07, 6.45) is 4.10. The molecule has 1 aliphatic heterocycles. The summed E-state index contributed by atoms with van der Waals surface area (Å²) in [5.41, 5.74) is 0. The van der Waals surface area contributed by atoms with Crippen molar-refractivity contribution in [1.29, 1.82) is 0 Å². The summed E-state index contributed by atoms with van der Waals surface area (Å²) < 4.78 is 0. The van der Waals surface area contributed by atoms with Crippen LogP contribution in [0.5, 0.6) is 0 Å². The SMILES string of the molecule is CCC(C)CN1CCC(CCBr)C1. The highest BCUT2D eigenvalue weighted by Crippen LogP contribution is 2.21. The molecule has 1 saturated heterocycles. The summed E-state index contributed by atoms with van der Waals surface area (Å²) in [6, 6.07) is 0. The standard InChI is InChI=1S/C11H22BrN/c1-3-10(2)8-13-7-5-11(9-13)4-6-12/h10-11H,3-9H2,1-2H3. The van der Waals surface area contributed by atoms with E-state index in [9.17, 15) is 0 Å². The summed E-state index contributed by atoms with van der Waals surface area (Å²) in [5, 5.41) is 1.18. The highest BCUT2D eigenvalue weighted by molar-refractivity contribution is 9.09. The van der Waals surface area contributed by atoms with Gasteiger partial charge in [-0.1, -0.05) is 36.2 Å². The third-order valence-corrected chi connectivity index (χ3v) is 3.61. The Kier molecular flexibility index (Phi) is 5.34. The summed E-state index contributed by atoms with van der Waals surface area (Å²) in [7, 11) is 0. The average Bonchev–Trinajstić information content (AvgIpc) is 2.53. The second-order valence-electron chi connectivity index (χ2n) is 4.41. The van der Waals surface area contributed by atoms with Gasteiger partial charge in [-0.15, -0.1) is 0 Å². The molecule has 2 heteroatoms. The molecular formula is C11H22BrN. The Labute approximate surface area is 91.0 Å². The summed E-state index contributed by atoms with van der Waals surface area (Å²) in [6.45, 7) is 8.64. The second kappa shape index (κ2) is 6.02. The third-order valence-electron chi connectivity index (χ3n) is 3.15. The van der Waals surface area contributed by atoms with Crippen molar-refractivity contribution >= 4 is 15.9 Å². The van der Waals surface area contributed by atoms with Gasteiger partial charge in [-0.2, -0.15) is 0 Å². The van der Waals surface area contributed by atoms with Gasteiger partial charge in [0.25, 0.3) is 0 Å². The molecule has 13 heavy (non-hydrogen) atoms. The van der Waals surface area contributed by atoms with E-state index >= 15 is 0 Å². The Morgan fingerprint density at radius 3 is 2.92 bits per heavy atom. The van der Waals surface area contributed by atoms with Crippen molar-refractivity contribution in [1.82, 2.24) is 4.90 Å². The minimum Gasteiger partial charge on any atom is -0.303 e. The van der Waals surface area contributed by atoms with Gasteiger partial charge in [0.1, 0.15) is 0 Å². The maximum atomic E-state index is 3.53. The van der Waals surface area contributed by atoms with E-state index in [-0.39, 0.29) is 0 Å². The first-order valence-electron chi connectivity index (χ1n) is 5.54. The molecule has 0 aromatic heterocycles. The molecule has 2 unspecified atom stereocenters. The monoisotopic (exact) mass is 247 g/mol. The first-order chi connectivity index (χ1) is 6.26. The minimum absolute atomic E-state index is 0.878. The van der Waals surface area contributed by atoms with Crippen molar-refractivity contribution in [2.24, 2.45) is 11.8 Å². The van der Waals surface area contributed by atoms with E-state index in [1.807, 2.05) is 0 Å². The molecular weight excluding hydrogens is 226 g/mol. The number of rotatable bonds is 5. The Hall–Kier alpha value is 0.440. The maximum Gasteiger partial charge on any atom is 0.00344 e. The van der Waals surface area contributed by atoms with Crippen molar-refractivity contribution < 1.29 is 0 Å². The van der Waals surface area contributed by atoms with Gasteiger partial charge in [0.2, 0.25) is 0 Å². The molecule has 0 spiro atoms. The molecule has 0 aromatic carbocycles. The minimum atomic E-state index is 0.878. The van der Waals surface area contributed by atoms with E-state index in [4.69, 9.17) is 0 Å². The smallest absolute Gasteiger partial charge is 0.00344 e. The van der Waals surface area contributed by atoms with Crippen LogP contribution in [0.25, 0.3) is 0 Å². The molecule has 0 amide bonds. The van der Waals surface area contributed by atoms with E-state index in [1.54, 1.807) is 0 Å². The van der Waals surface area contributed by atoms with Crippen LogP contribution < -0.4 is 0 Å². The van der Waals surface area contributed by atoms with Crippen LogP contribution in [0.15, 0.2) is 0 Å². The lowest BCUT2D eigenvalue weighted by atomic mass is 10.1. The van der Waals surface area contributed by atoms with Crippen molar-refractivity contribution in [3.8, 4) is 0 Å². The summed E-state index contributed by atoms with van der Waals surface area (Å²) in [5.74, 6) is 1.84. The molecule has 78 valence electrons. The number of halogens is 1. The van der Waals surface area contributed by atoms with Crippen molar-refractivity contribution in [2.75, 3.05) is 25.0 Å². The first kappa shape index (κ1) is 11.5. The van der Waals surface area contributed by atoms with Gasteiger partial charge in [0, 0.05) is 18.4 Å². The predicted octanol–water partition coefficient (Wildman–Crippen LogP) is 3.14. The number of hydrogen-bond acceptors (Lipinski definition) is 1. The van der Waals surface area contributed by atoms with E-state index in [2.05, 4.69) is 34.7 Å². The van der Waals surface area contributed by atoms with Crippen LogP contribution in [0.1, 0.15) is 33.1 Å². The van der Waals surface area contributed by atoms with Crippen molar-refractivity contribution in [3.05, 3.63) is 0 Å². The largest absolute Gasteiger partial charge is 0.303 e. The fourth-order valence-electron chi connectivity index (χ4n) is 2.04. The lowest BCUT2D eigenvalue weighted by Crippen LogP contribution is -2.26. The van der Waals surface area contributed by atoms with Gasteiger partial charge in [-0.05, 0) is 31.2 Å². The van der Waals surface area contributed by atoms with Gasteiger partial charge in [0.05, 0.1) is 0 Å². The maximum absolute atomic E-state index is 3.53. The Bertz CT molecular complexity index is 138. The summed E-state index contributed by atoms with van der Waals surface area (Å²) in [4.78, 5) is 2.64. The Balaban J connectivity index is 2.17. The average molecular weight is 248 g/mol. The van der Waals surface area contributed by atoms with Gasteiger partial charge in [-0.25, -0.2) is 0 Å². The molecule has 1 fully saturated rings. The van der Waals surface area contributed by atoms with Crippen LogP contribution in [0.2, 0.25) is 0 Å². The highest BCUT2D eigenvalue weighted by Gasteiger charge is 2.22. The Morgan fingerprint density at radius 2 is 2.31 bits per heavy atom. The van der Waals surface area contributed by atoms with E-state index < -0.39 is 0 Å². The zero-order chi connectivity index (χ0) is 9.68. The van der Waals surface area contributed by atoms with Crippen LogP contribution in [0, 0.1) is 11.8 Å². The molecule has 1 rings (SSSR count). The third kappa shape index (κ3) is 3.99. The number of alkyl halides is 1. The number of hydrogen-bond donors (Lipinski definition) is 0.